The standard InChI is InChI=1S/C19H22FN3O/c1-14-4-2-5-17(12-14)23-11-3-6-18(23)13-21-19(24)22-16-9-7-15(20)8-10-16/h2,4-5,7-10,12,18H,3,6,11,13H2,1H3,(H2,21,22,24)/t18-/m0/s1. The molecule has 2 amide bonds. The lowest BCUT2D eigenvalue weighted by molar-refractivity contribution is 0.251. The number of nitrogens with one attached hydrogen (secondary N) is 2. The molecule has 1 atom stereocenters. The normalized spacial score (nSPS) is 16.9. The van der Waals surface area contributed by atoms with Gasteiger partial charge in [0.25, 0.3) is 0 Å². The molecule has 3 rings (SSSR count). The summed E-state index contributed by atoms with van der Waals surface area (Å²) in [5, 5.41) is 5.64. The Labute approximate surface area is 141 Å². The fourth-order valence-corrected chi connectivity index (χ4v) is 3.11. The van der Waals surface area contributed by atoms with E-state index in [2.05, 4.69) is 46.7 Å². The van der Waals surface area contributed by atoms with Crippen molar-refractivity contribution in [3.8, 4) is 0 Å². The highest BCUT2D eigenvalue weighted by molar-refractivity contribution is 5.89. The van der Waals surface area contributed by atoms with Gasteiger partial charge in [0.15, 0.2) is 0 Å². The van der Waals surface area contributed by atoms with Crippen molar-refractivity contribution >= 4 is 17.4 Å². The highest BCUT2D eigenvalue weighted by Gasteiger charge is 2.25. The van der Waals surface area contributed by atoms with E-state index >= 15 is 0 Å². The van der Waals surface area contributed by atoms with Crippen molar-refractivity contribution in [2.75, 3.05) is 23.3 Å². The van der Waals surface area contributed by atoms with Crippen LogP contribution in [0.2, 0.25) is 0 Å². The molecule has 4 nitrogen and oxygen atoms in total. The Balaban J connectivity index is 1.55. The van der Waals surface area contributed by atoms with Gasteiger partial charge in [-0.15, -0.1) is 0 Å². The van der Waals surface area contributed by atoms with E-state index in [1.807, 2.05) is 0 Å². The first-order valence-corrected chi connectivity index (χ1v) is 8.25. The maximum atomic E-state index is 12.9. The topological polar surface area (TPSA) is 44.4 Å². The van der Waals surface area contributed by atoms with Gasteiger partial charge in [-0.1, -0.05) is 12.1 Å². The van der Waals surface area contributed by atoms with Crippen molar-refractivity contribution in [3.05, 3.63) is 59.9 Å². The fourth-order valence-electron chi connectivity index (χ4n) is 3.11. The van der Waals surface area contributed by atoms with E-state index < -0.39 is 0 Å². The third-order valence-corrected chi connectivity index (χ3v) is 4.31. The summed E-state index contributed by atoms with van der Waals surface area (Å²) in [6.07, 6.45) is 2.19. The van der Waals surface area contributed by atoms with Crippen LogP contribution >= 0.6 is 0 Å². The summed E-state index contributed by atoms with van der Waals surface area (Å²) >= 11 is 0. The van der Waals surface area contributed by atoms with Gasteiger partial charge >= 0.3 is 6.03 Å². The molecule has 0 spiro atoms. The molecule has 5 heteroatoms. The molecule has 1 aliphatic rings. The van der Waals surface area contributed by atoms with Crippen LogP contribution in [0.5, 0.6) is 0 Å². The Morgan fingerprint density at radius 1 is 1.25 bits per heavy atom. The molecule has 126 valence electrons. The van der Waals surface area contributed by atoms with Crippen LogP contribution in [0.1, 0.15) is 18.4 Å². The van der Waals surface area contributed by atoms with Gasteiger partial charge in [0.05, 0.1) is 0 Å². The number of anilines is 2. The van der Waals surface area contributed by atoms with Crippen molar-refractivity contribution in [3.63, 3.8) is 0 Å². The number of rotatable bonds is 4. The highest BCUT2D eigenvalue weighted by atomic mass is 19.1. The maximum Gasteiger partial charge on any atom is 0.319 e. The van der Waals surface area contributed by atoms with E-state index in [9.17, 15) is 9.18 Å². The summed E-state index contributed by atoms with van der Waals surface area (Å²) in [5.41, 5.74) is 3.02. The molecular weight excluding hydrogens is 305 g/mol. The minimum atomic E-state index is -0.319. The number of urea groups is 1. The predicted octanol–water partition coefficient (Wildman–Crippen LogP) is 3.92. The molecule has 1 aliphatic heterocycles. The number of amides is 2. The van der Waals surface area contributed by atoms with Crippen molar-refractivity contribution in [2.45, 2.75) is 25.8 Å². The highest BCUT2D eigenvalue weighted by Crippen LogP contribution is 2.25. The zero-order valence-corrected chi connectivity index (χ0v) is 13.8. The second-order valence-corrected chi connectivity index (χ2v) is 6.17. The summed E-state index contributed by atoms with van der Waals surface area (Å²) in [6, 6.07) is 14.2. The lowest BCUT2D eigenvalue weighted by Crippen LogP contribution is -2.41. The summed E-state index contributed by atoms with van der Waals surface area (Å²) in [6.45, 7) is 3.68. The first-order chi connectivity index (χ1) is 11.6. The predicted molar refractivity (Wildman–Crippen MR) is 95.0 cm³/mol. The molecule has 0 aliphatic carbocycles. The zero-order valence-electron chi connectivity index (χ0n) is 13.8. The average molecular weight is 327 g/mol. The van der Waals surface area contributed by atoms with Crippen molar-refractivity contribution in [1.82, 2.24) is 5.32 Å². The van der Waals surface area contributed by atoms with Crippen LogP contribution in [0.3, 0.4) is 0 Å². The van der Waals surface area contributed by atoms with E-state index in [4.69, 9.17) is 0 Å². The van der Waals surface area contributed by atoms with Crippen molar-refractivity contribution in [1.29, 1.82) is 0 Å². The first kappa shape index (κ1) is 16.3. The second kappa shape index (κ2) is 7.34. The van der Waals surface area contributed by atoms with E-state index in [1.165, 1.54) is 23.4 Å². The number of carbonyl (C=O) groups excluding carboxylic acids is 1. The Morgan fingerprint density at radius 3 is 2.79 bits per heavy atom. The van der Waals surface area contributed by atoms with Gasteiger partial charge < -0.3 is 15.5 Å². The Kier molecular flexibility index (Phi) is 4.99. The van der Waals surface area contributed by atoms with E-state index in [0.717, 1.165) is 19.4 Å². The summed E-state index contributed by atoms with van der Waals surface area (Å²) in [4.78, 5) is 14.4. The molecule has 2 aromatic rings. The number of benzene rings is 2. The largest absolute Gasteiger partial charge is 0.367 e. The first-order valence-electron chi connectivity index (χ1n) is 8.25. The monoisotopic (exact) mass is 327 g/mol. The number of halogens is 1. The van der Waals surface area contributed by atoms with Gasteiger partial charge in [0.2, 0.25) is 0 Å². The molecule has 2 N–H and O–H groups in total. The Hall–Kier alpha value is -2.56. The fraction of sp³-hybridized carbons (Fsp3) is 0.316. The van der Waals surface area contributed by atoms with Crippen molar-refractivity contribution < 1.29 is 9.18 Å². The molecule has 1 saturated heterocycles. The van der Waals surface area contributed by atoms with Gasteiger partial charge in [-0.25, -0.2) is 9.18 Å². The molecule has 0 aromatic heterocycles. The molecule has 1 fully saturated rings. The number of nitrogens with zero attached hydrogens (tertiary/aromatic N) is 1. The molecule has 0 saturated carbocycles. The Morgan fingerprint density at radius 2 is 2.04 bits per heavy atom. The van der Waals surface area contributed by atoms with Gasteiger partial charge in [-0.05, 0) is 61.7 Å². The number of carbonyl (C=O) groups is 1. The van der Waals surface area contributed by atoms with Crippen molar-refractivity contribution in [2.24, 2.45) is 0 Å². The minimum absolute atomic E-state index is 0.266. The summed E-state index contributed by atoms with van der Waals surface area (Å²) in [5.74, 6) is -0.319. The maximum absolute atomic E-state index is 12.9. The van der Waals surface area contributed by atoms with Gasteiger partial charge in [-0.3, -0.25) is 0 Å². The average Bonchev–Trinajstić information content (AvgIpc) is 3.04. The van der Waals surface area contributed by atoms with Crippen LogP contribution in [-0.4, -0.2) is 25.2 Å². The van der Waals surface area contributed by atoms with E-state index in [-0.39, 0.29) is 11.8 Å². The van der Waals surface area contributed by atoms with E-state index in [0.29, 0.717) is 18.3 Å². The minimum Gasteiger partial charge on any atom is -0.367 e. The van der Waals surface area contributed by atoms with Gasteiger partial charge in [0, 0.05) is 30.5 Å². The van der Waals surface area contributed by atoms with Gasteiger partial charge in [0.1, 0.15) is 5.82 Å². The molecule has 0 unspecified atom stereocenters. The zero-order chi connectivity index (χ0) is 16.9. The number of hydrogen-bond donors (Lipinski definition) is 2. The SMILES string of the molecule is Cc1cccc(N2CCC[C@H]2CNC(=O)Nc2ccc(F)cc2)c1. The van der Waals surface area contributed by atoms with Crippen LogP contribution in [0.25, 0.3) is 0 Å². The Bertz CT molecular complexity index is 702. The van der Waals surface area contributed by atoms with Crippen LogP contribution in [0.4, 0.5) is 20.6 Å². The number of hydrogen-bond acceptors (Lipinski definition) is 2. The molecule has 24 heavy (non-hydrogen) atoms. The second-order valence-electron chi connectivity index (χ2n) is 6.17. The third-order valence-electron chi connectivity index (χ3n) is 4.31. The molecular formula is C19H22FN3O. The van der Waals surface area contributed by atoms with Crippen LogP contribution in [0, 0.1) is 12.7 Å². The van der Waals surface area contributed by atoms with Crippen LogP contribution in [0.15, 0.2) is 48.5 Å². The molecule has 1 heterocycles. The molecule has 2 aromatic carbocycles. The van der Waals surface area contributed by atoms with E-state index in [1.54, 1.807) is 12.1 Å². The molecule has 0 radical (unpaired) electrons. The number of aryl methyl sites for hydroxylation is 1. The lowest BCUT2D eigenvalue weighted by atomic mass is 10.1. The summed E-state index contributed by atoms with van der Waals surface area (Å²) in [7, 11) is 0. The smallest absolute Gasteiger partial charge is 0.319 e. The van der Waals surface area contributed by atoms with Crippen LogP contribution < -0.4 is 15.5 Å². The summed E-state index contributed by atoms with van der Waals surface area (Å²) < 4.78 is 12.9. The van der Waals surface area contributed by atoms with Crippen LogP contribution in [-0.2, 0) is 0 Å². The third kappa shape index (κ3) is 4.04. The van der Waals surface area contributed by atoms with Gasteiger partial charge in [-0.2, -0.15) is 0 Å². The molecule has 0 bridgehead atoms. The quantitative estimate of drug-likeness (QED) is 0.894. The lowest BCUT2D eigenvalue weighted by Gasteiger charge is -2.27.